The van der Waals surface area contributed by atoms with Crippen molar-refractivity contribution in [3.8, 4) is 0 Å². The van der Waals surface area contributed by atoms with E-state index < -0.39 is 0 Å². The van der Waals surface area contributed by atoms with Gasteiger partial charge < -0.3 is 15.8 Å². The fourth-order valence-corrected chi connectivity index (χ4v) is 1.35. The third-order valence-electron chi connectivity index (χ3n) is 2.13. The summed E-state index contributed by atoms with van der Waals surface area (Å²) in [7, 11) is 1.64. The number of likely N-dealkylation sites (N-methyl/N-ethyl adjacent to an activating group) is 1. The zero-order valence-corrected chi connectivity index (χ0v) is 7.95. The Balaban J connectivity index is 2.29. The first kappa shape index (κ1) is 10.4. The molecule has 13 heavy (non-hydrogen) atoms. The van der Waals surface area contributed by atoms with E-state index in [1.54, 1.807) is 7.05 Å². The van der Waals surface area contributed by atoms with Crippen molar-refractivity contribution in [3.05, 3.63) is 0 Å². The molecule has 0 spiro atoms. The van der Waals surface area contributed by atoms with Gasteiger partial charge in [-0.3, -0.25) is 9.69 Å². The van der Waals surface area contributed by atoms with Gasteiger partial charge in [0.15, 0.2) is 0 Å². The van der Waals surface area contributed by atoms with Crippen LogP contribution < -0.4 is 11.1 Å². The van der Waals surface area contributed by atoms with Crippen molar-refractivity contribution in [3.63, 3.8) is 0 Å². The number of hydrogen-bond donors (Lipinski definition) is 2. The summed E-state index contributed by atoms with van der Waals surface area (Å²) in [6, 6.07) is 0. The first-order valence-electron chi connectivity index (χ1n) is 4.51. The van der Waals surface area contributed by atoms with Gasteiger partial charge in [0.05, 0.1) is 19.3 Å². The van der Waals surface area contributed by atoms with Crippen LogP contribution in [0.2, 0.25) is 0 Å². The zero-order chi connectivity index (χ0) is 9.68. The van der Waals surface area contributed by atoms with Crippen molar-refractivity contribution in [2.75, 3.05) is 39.8 Å². The third-order valence-corrected chi connectivity index (χ3v) is 2.13. The summed E-state index contributed by atoms with van der Waals surface area (Å²) in [5.74, 6) is 0.0395. The number of amides is 1. The highest BCUT2D eigenvalue weighted by atomic mass is 16.5. The SMILES string of the molecule is CNC(=O)CN1CCOC(CN)C1. The van der Waals surface area contributed by atoms with E-state index in [1.165, 1.54) is 0 Å². The predicted octanol–water partition coefficient (Wildman–Crippen LogP) is -1.61. The molecule has 1 fully saturated rings. The van der Waals surface area contributed by atoms with Gasteiger partial charge >= 0.3 is 0 Å². The average Bonchev–Trinajstić information content (AvgIpc) is 2.18. The van der Waals surface area contributed by atoms with Crippen LogP contribution in [0.1, 0.15) is 0 Å². The standard InChI is InChI=1S/C8H17N3O2/c1-10-8(12)6-11-2-3-13-7(4-9)5-11/h7H,2-6,9H2,1H3,(H,10,12). The molecule has 1 atom stereocenters. The summed E-state index contributed by atoms with van der Waals surface area (Å²) in [6.45, 7) is 3.19. The Hall–Kier alpha value is -0.650. The number of ether oxygens (including phenoxy) is 1. The van der Waals surface area contributed by atoms with Crippen LogP contribution in [-0.4, -0.2) is 56.7 Å². The summed E-state index contributed by atoms with van der Waals surface area (Å²) in [5, 5.41) is 2.59. The van der Waals surface area contributed by atoms with E-state index >= 15 is 0 Å². The zero-order valence-electron chi connectivity index (χ0n) is 7.95. The minimum absolute atomic E-state index is 0.0395. The molecule has 0 aliphatic carbocycles. The van der Waals surface area contributed by atoms with E-state index in [1.807, 2.05) is 0 Å². The molecule has 0 aromatic heterocycles. The van der Waals surface area contributed by atoms with E-state index in [-0.39, 0.29) is 12.0 Å². The monoisotopic (exact) mass is 187 g/mol. The number of hydrogen-bond acceptors (Lipinski definition) is 4. The molecule has 1 unspecified atom stereocenters. The number of nitrogens with zero attached hydrogens (tertiary/aromatic N) is 1. The van der Waals surface area contributed by atoms with Crippen LogP contribution in [-0.2, 0) is 9.53 Å². The average molecular weight is 187 g/mol. The molecule has 1 heterocycles. The Morgan fingerprint density at radius 2 is 2.54 bits per heavy atom. The van der Waals surface area contributed by atoms with E-state index in [9.17, 15) is 4.79 Å². The van der Waals surface area contributed by atoms with Gasteiger partial charge in [0.1, 0.15) is 0 Å². The van der Waals surface area contributed by atoms with E-state index in [0.717, 1.165) is 13.1 Å². The van der Waals surface area contributed by atoms with Crippen LogP contribution in [0, 0.1) is 0 Å². The quantitative estimate of drug-likeness (QED) is 0.558. The van der Waals surface area contributed by atoms with E-state index in [0.29, 0.717) is 19.7 Å². The molecule has 1 aliphatic rings. The molecule has 1 rings (SSSR count). The molecule has 1 amide bonds. The Labute approximate surface area is 78.2 Å². The fraction of sp³-hybridized carbons (Fsp3) is 0.875. The number of carbonyl (C=O) groups is 1. The second kappa shape index (κ2) is 5.16. The fourth-order valence-electron chi connectivity index (χ4n) is 1.35. The predicted molar refractivity (Wildman–Crippen MR) is 49.3 cm³/mol. The lowest BCUT2D eigenvalue weighted by Gasteiger charge is -2.31. The second-order valence-corrected chi connectivity index (χ2v) is 3.14. The summed E-state index contributed by atoms with van der Waals surface area (Å²) in [4.78, 5) is 13.1. The number of nitrogens with two attached hydrogens (primary N) is 1. The normalized spacial score (nSPS) is 24.3. The molecule has 0 radical (unpaired) electrons. The molecule has 3 N–H and O–H groups in total. The largest absolute Gasteiger partial charge is 0.374 e. The number of nitrogens with one attached hydrogen (secondary N) is 1. The minimum Gasteiger partial charge on any atom is -0.374 e. The van der Waals surface area contributed by atoms with Crippen LogP contribution in [0.5, 0.6) is 0 Å². The lowest BCUT2D eigenvalue weighted by atomic mass is 10.2. The lowest BCUT2D eigenvalue weighted by Crippen LogP contribution is -2.48. The highest BCUT2D eigenvalue weighted by Crippen LogP contribution is 2.02. The van der Waals surface area contributed by atoms with Gasteiger partial charge in [-0.15, -0.1) is 0 Å². The van der Waals surface area contributed by atoms with Gasteiger partial charge in [-0.25, -0.2) is 0 Å². The van der Waals surface area contributed by atoms with Crippen molar-refractivity contribution in [1.29, 1.82) is 0 Å². The molecule has 1 aliphatic heterocycles. The molecule has 5 heteroatoms. The lowest BCUT2D eigenvalue weighted by molar-refractivity contribution is -0.123. The molecule has 1 saturated heterocycles. The maximum absolute atomic E-state index is 11.1. The molecule has 0 saturated carbocycles. The van der Waals surface area contributed by atoms with Crippen LogP contribution >= 0.6 is 0 Å². The minimum atomic E-state index is 0.0395. The Bertz CT molecular complexity index is 175. The highest BCUT2D eigenvalue weighted by molar-refractivity contribution is 5.77. The second-order valence-electron chi connectivity index (χ2n) is 3.14. The Kier molecular flexibility index (Phi) is 4.14. The molecule has 0 aromatic carbocycles. The number of carbonyl (C=O) groups excluding carboxylic acids is 1. The smallest absolute Gasteiger partial charge is 0.233 e. The van der Waals surface area contributed by atoms with Crippen molar-refractivity contribution in [2.45, 2.75) is 6.10 Å². The highest BCUT2D eigenvalue weighted by Gasteiger charge is 2.20. The summed E-state index contributed by atoms with van der Waals surface area (Å²) >= 11 is 0. The Morgan fingerprint density at radius 1 is 1.77 bits per heavy atom. The van der Waals surface area contributed by atoms with Crippen LogP contribution in [0.4, 0.5) is 0 Å². The van der Waals surface area contributed by atoms with Crippen LogP contribution in [0.15, 0.2) is 0 Å². The van der Waals surface area contributed by atoms with Crippen LogP contribution in [0.3, 0.4) is 0 Å². The maximum atomic E-state index is 11.1. The van der Waals surface area contributed by atoms with E-state index in [2.05, 4.69) is 10.2 Å². The van der Waals surface area contributed by atoms with Gasteiger partial charge in [-0.1, -0.05) is 0 Å². The third kappa shape index (κ3) is 3.30. The van der Waals surface area contributed by atoms with Crippen LogP contribution in [0.25, 0.3) is 0 Å². The molecule has 0 bridgehead atoms. The molecular weight excluding hydrogens is 170 g/mol. The van der Waals surface area contributed by atoms with Crippen molar-refractivity contribution in [1.82, 2.24) is 10.2 Å². The van der Waals surface area contributed by atoms with Gasteiger partial charge in [0, 0.05) is 26.7 Å². The van der Waals surface area contributed by atoms with Gasteiger partial charge in [-0.05, 0) is 0 Å². The van der Waals surface area contributed by atoms with Crippen molar-refractivity contribution in [2.24, 2.45) is 5.73 Å². The van der Waals surface area contributed by atoms with Crippen molar-refractivity contribution < 1.29 is 9.53 Å². The Morgan fingerprint density at radius 3 is 3.15 bits per heavy atom. The maximum Gasteiger partial charge on any atom is 0.233 e. The molecule has 5 nitrogen and oxygen atoms in total. The summed E-state index contributed by atoms with van der Waals surface area (Å²) in [5.41, 5.74) is 5.48. The number of rotatable bonds is 3. The van der Waals surface area contributed by atoms with Gasteiger partial charge in [0.25, 0.3) is 0 Å². The van der Waals surface area contributed by atoms with Gasteiger partial charge in [-0.2, -0.15) is 0 Å². The first-order chi connectivity index (χ1) is 6.26. The number of morpholine rings is 1. The first-order valence-corrected chi connectivity index (χ1v) is 4.51. The molecule has 0 aromatic rings. The van der Waals surface area contributed by atoms with Gasteiger partial charge in [0.2, 0.25) is 5.91 Å². The summed E-state index contributed by atoms with van der Waals surface area (Å²) < 4.78 is 5.37. The topological polar surface area (TPSA) is 67.6 Å². The van der Waals surface area contributed by atoms with Crippen molar-refractivity contribution >= 4 is 5.91 Å². The summed E-state index contributed by atoms with van der Waals surface area (Å²) in [6.07, 6.45) is 0.0819. The molecular formula is C8H17N3O2. The van der Waals surface area contributed by atoms with E-state index in [4.69, 9.17) is 10.5 Å². The molecule has 76 valence electrons.